The summed E-state index contributed by atoms with van der Waals surface area (Å²) < 4.78 is 1.55. The van der Waals surface area contributed by atoms with Crippen molar-refractivity contribution in [1.82, 2.24) is 4.98 Å². The smallest absolute Gasteiger partial charge is 0.223 e. The van der Waals surface area contributed by atoms with Gasteiger partial charge in [0, 0.05) is 29.0 Å². The van der Waals surface area contributed by atoms with Gasteiger partial charge in [0.15, 0.2) is 4.47 Å². The molecule has 7 heteroatoms. The van der Waals surface area contributed by atoms with E-state index in [0.29, 0.717) is 11.0 Å². The number of halogens is 2. The van der Waals surface area contributed by atoms with Gasteiger partial charge in [-0.2, -0.15) is 0 Å². The minimum Gasteiger partial charge on any atom is -0.378 e. The van der Waals surface area contributed by atoms with Crippen LogP contribution in [0.2, 0.25) is 4.47 Å². The van der Waals surface area contributed by atoms with E-state index < -0.39 is 0 Å². The van der Waals surface area contributed by atoms with Gasteiger partial charge >= 0.3 is 0 Å². The fourth-order valence-electron chi connectivity index (χ4n) is 2.51. The minimum atomic E-state index is 0.0694. The van der Waals surface area contributed by atoms with Gasteiger partial charge in [0.2, 0.25) is 5.91 Å². The summed E-state index contributed by atoms with van der Waals surface area (Å²) in [5.41, 5.74) is 3.13. The molecule has 4 nitrogen and oxygen atoms in total. The topological polar surface area (TPSA) is 45.2 Å². The average Bonchev–Trinajstić information content (AvgIpc) is 3.02. The number of thiazole rings is 1. The zero-order chi connectivity index (χ0) is 15.0. The molecule has 3 rings (SSSR count). The Morgan fingerprint density at radius 3 is 3.05 bits per heavy atom. The lowest BCUT2D eigenvalue weighted by atomic mass is 10.1. The van der Waals surface area contributed by atoms with E-state index in [0.717, 1.165) is 33.7 Å². The van der Waals surface area contributed by atoms with Crippen LogP contribution in [0.1, 0.15) is 17.4 Å². The van der Waals surface area contributed by atoms with E-state index in [2.05, 4.69) is 32.3 Å². The quantitative estimate of drug-likeness (QED) is 0.864. The second-order valence-corrected chi connectivity index (χ2v) is 7.43. The largest absolute Gasteiger partial charge is 0.378 e. The monoisotopic (exact) mass is 385 g/mol. The first-order chi connectivity index (χ1) is 10.0. The molecular weight excluding hydrogens is 374 g/mol. The molecule has 2 heterocycles. The van der Waals surface area contributed by atoms with Crippen LogP contribution < -0.4 is 10.2 Å². The average molecular weight is 387 g/mol. The highest BCUT2D eigenvalue weighted by atomic mass is 79.9. The Morgan fingerprint density at radius 2 is 2.38 bits per heavy atom. The van der Waals surface area contributed by atoms with E-state index in [1.807, 2.05) is 11.0 Å². The van der Waals surface area contributed by atoms with Gasteiger partial charge in [0.25, 0.3) is 0 Å². The highest BCUT2D eigenvalue weighted by Gasteiger charge is 2.25. The standard InChI is InChI=1S/C14H13BrClN3OS/c1-8(20)19-3-2-9-4-10(15)5-12(13(9)19)17-6-11-7-18-14(16)21-11/h4-5,7,17H,2-3,6H2,1H3. The van der Waals surface area contributed by atoms with Crippen LogP contribution >= 0.6 is 38.9 Å². The highest BCUT2D eigenvalue weighted by Crippen LogP contribution is 2.38. The molecule has 0 radical (unpaired) electrons. The Morgan fingerprint density at radius 1 is 1.57 bits per heavy atom. The van der Waals surface area contributed by atoms with Crippen LogP contribution in [0.5, 0.6) is 0 Å². The molecule has 1 aliphatic heterocycles. The van der Waals surface area contributed by atoms with E-state index >= 15 is 0 Å². The Kier molecular flexibility index (Phi) is 4.19. The number of nitrogens with one attached hydrogen (secondary N) is 1. The van der Waals surface area contributed by atoms with Crippen LogP contribution in [0, 0.1) is 0 Å². The molecule has 21 heavy (non-hydrogen) atoms. The molecule has 1 N–H and O–H groups in total. The van der Waals surface area contributed by atoms with E-state index in [1.54, 1.807) is 13.1 Å². The molecule has 1 amide bonds. The number of benzene rings is 1. The zero-order valence-electron chi connectivity index (χ0n) is 11.3. The Bertz CT molecular complexity index is 704. The van der Waals surface area contributed by atoms with Crippen LogP contribution in [-0.2, 0) is 17.8 Å². The Labute approximate surface area is 140 Å². The van der Waals surface area contributed by atoms with Crippen molar-refractivity contribution < 1.29 is 4.79 Å². The van der Waals surface area contributed by atoms with E-state index in [9.17, 15) is 4.79 Å². The Balaban J connectivity index is 1.89. The molecule has 1 aromatic heterocycles. The van der Waals surface area contributed by atoms with Crippen LogP contribution in [0.4, 0.5) is 11.4 Å². The predicted molar refractivity (Wildman–Crippen MR) is 90.3 cm³/mol. The summed E-state index contributed by atoms with van der Waals surface area (Å²) in [4.78, 5) is 18.7. The number of rotatable bonds is 3. The number of hydrogen-bond acceptors (Lipinski definition) is 4. The lowest BCUT2D eigenvalue weighted by Gasteiger charge is -2.19. The van der Waals surface area contributed by atoms with Crippen molar-refractivity contribution in [3.63, 3.8) is 0 Å². The molecular formula is C14H13BrClN3OS. The number of fused-ring (bicyclic) bond motifs is 1. The lowest BCUT2D eigenvalue weighted by Crippen LogP contribution is -2.26. The van der Waals surface area contributed by atoms with Crippen molar-refractivity contribution in [2.45, 2.75) is 19.9 Å². The normalized spacial score (nSPS) is 13.4. The summed E-state index contributed by atoms with van der Waals surface area (Å²) in [5.74, 6) is 0.0694. The van der Waals surface area contributed by atoms with Crippen molar-refractivity contribution in [3.8, 4) is 0 Å². The third-order valence-electron chi connectivity index (χ3n) is 3.39. The molecule has 2 aromatic rings. The zero-order valence-corrected chi connectivity index (χ0v) is 14.5. The predicted octanol–water partition coefficient (Wildman–Crippen LogP) is 4.08. The maximum absolute atomic E-state index is 11.8. The third-order valence-corrected chi connectivity index (χ3v) is 4.96. The molecule has 0 atom stereocenters. The van der Waals surface area contributed by atoms with Gasteiger partial charge in [-0.3, -0.25) is 4.79 Å². The summed E-state index contributed by atoms with van der Waals surface area (Å²) >= 11 is 10.8. The summed E-state index contributed by atoms with van der Waals surface area (Å²) in [6, 6.07) is 4.08. The van der Waals surface area contributed by atoms with Crippen molar-refractivity contribution in [2.24, 2.45) is 0 Å². The van der Waals surface area contributed by atoms with Gasteiger partial charge in [0.1, 0.15) is 0 Å². The fraction of sp³-hybridized carbons (Fsp3) is 0.286. The first-order valence-electron chi connectivity index (χ1n) is 6.49. The van der Waals surface area contributed by atoms with Gasteiger partial charge < -0.3 is 10.2 Å². The number of carbonyl (C=O) groups is 1. The van der Waals surface area contributed by atoms with E-state index in [4.69, 9.17) is 11.6 Å². The number of amides is 1. The van der Waals surface area contributed by atoms with Gasteiger partial charge in [-0.1, -0.05) is 27.5 Å². The van der Waals surface area contributed by atoms with Crippen molar-refractivity contribution in [1.29, 1.82) is 0 Å². The summed E-state index contributed by atoms with van der Waals surface area (Å²) in [5, 5.41) is 3.39. The molecule has 0 spiro atoms. The molecule has 0 saturated heterocycles. The highest BCUT2D eigenvalue weighted by molar-refractivity contribution is 9.10. The molecule has 1 aromatic carbocycles. The first kappa shape index (κ1) is 14.8. The van der Waals surface area contributed by atoms with Crippen LogP contribution in [0.3, 0.4) is 0 Å². The SMILES string of the molecule is CC(=O)N1CCc2cc(Br)cc(NCc3cnc(Cl)s3)c21. The van der Waals surface area contributed by atoms with Gasteiger partial charge in [-0.05, 0) is 24.1 Å². The van der Waals surface area contributed by atoms with Gasteiger partial charge in [-0.25, -0.2) is 4.98 Å². The lowest BCUT2D eigenvalue weighted by molar-refractivity contribution is -0.116. The second kappa shape index (κ2) is 5.94. The maximum Gasteiger partial charge on any atom is 0.223 e. The third kappa shape index (κ3) is 3.07. The van der Waals surface area contributed by atoms with Crippen molar-refractivity contribution >= 4 is 56.1 Å². The number of anilines is 2. The van der Waals surface area contributed by atoms with E-state index in [-0.39, 0.29) is 5.91 Å². The fourth-order valence-corrected chi connectivity index (χ4v) is 3.93. The number of hydrogen-bond donors (Lipinski definition) is 1. The molecule has 0 fully saturated rings. The maximum atomic E-state index is 11.8. The molecule has 0 aliphatic carbocycles. The number of nitrogens with zero attached hydrogens (tertiary/aromatic N) is 2. The Hall–Kier alpha value is -1.11. The first-order valence-corrected chi connectivity index (χ1v) is 8.48. The van der Waals surface area contributed by atoms with Gasteiger partial charge in [0.05, 0.1) is 17.9 Å². The van der Waals surface area contributed by atoms with Crippen LogP contribution in [0.15, 0.2) is 22.8 Å². The number of carbonyl (C=O) groups excluding carboxylic acids is 1. The molecule has 110 valence electrons. The van der Waals surface area contributed by atoms with Gasteiger partial charge in [-0.15, -0.1) is 11.3 Å². The second-order valence-electron chi connectivity index (χ2n) is 4.81. The van der Waals surface area contributed by atoms with Crippen LogP contribution in [0.25, 0.3) is 0 Å². The van der Waals surface area contributed by atoms with Crippen molar-refractivity contribution in [2.75, 3.05) is 16.8 Å². The molecule has 0 unspecified atom stereocenters. The summed E-state index contributed by atoms with van der Waals surface area (Å²) in [6.07, 6.45) is 2.65. The molecule has 0 saturated carbocycles. The number of aromatic nitrogens is 1. The molecule has 1 aliphatic rings. The van der Waals surface area contributed by atoms with Crippen molar-refractivity contribution in [3.05, 3.63) is 37.7 Å². The molecule has 0 bridgehead atoms. The van der Waals surface area contributed by atoms with E-state index in [1.165, 1.54) is 16.9 Å². The van der Waals surface area contributed by atoms with Crippen LogP contribution in [-0.4, -0.2) is 17.4 Å². The summed E-state index contributed by atoms with van der Waals surface area (Å²) in [6.45, 7) is 2.98. The minimum absolute atomic E-state index is 0.0694. The summed E-state index contributed by atoms with van der Waals surface area (Å²) in [7, 11) is 0.